The molecular formula is C30H33N5O4. The van der Waals surface area contributed by atoms with E-state index in [0.29, 0.717) is 31.7 Å². The van der Waals surface area contributed by atoms with Crippen LogP contribution in [0.3, 0.4) is 0 Å². The zero-order valence-corrected chi connectivity index (χ0v) is 21.9. The summed E-state index contributed by atoms with van der Waals surface area (Å²) < 4.78 is 6.32. The van der Waals surface area contributed by atoms with Crippen molar-refractivity contribution >= 4 is 23.9 Å². The van der Waals surface area contributed by atoms with E-state index in [0.717, 1.165) is 43.8 Å². The van der Waals surface area contributed by atoms with Gasteiger partial charge in [0.25, 0.3) is 5.91 Å². The predicted octanol–water partition coefficient (Wildman–Crippen LogP) is 2.42. The third-order valence-corrected chi connectivity index (χ3v) is 8.62. The molecule has 0 aromatic heterocycles. The van der Waals surface area contributed by atoms with Crippen LogP contribution in [0.25, 0.3) is 0 Å². The summed E-state index contributed by atoms with van der Waals surface area (Å²) in [5, 5.41) is 2.37. The van der Waals surface area contributed by atoms with Crippen molar-refractivity contribution < 1.29 is 19.1 Å². The van der Waals surface area contributed by atoms with Crippen molar-refractivity contribution in [1.82, 2.24) is 15.1 Å². The Morgan fingerprint density at radius 1 is 1.10 bits per heavy atom. The Balaban J connectivity index is 1.15. The van der Waals surface area contributed by atoms with E-state index in [2.05, 4.69) is 45.5 Å². The Kier molecular flexibility index (Phi) is 6.68. The number of nitrogens with two attached hydrogens (primary N) is 1. The zero-order valence-electron chi connectivity index (χ0n) is 21.9. The molecule has 4 heterocycles. The molecule has 3 N–H and O–H groups in total. The second-order valence-corrected chi connectivity index (χ2v) is 10.9. The quantitative estimate of drug-likeness (QED) is 0.440. The first-order valence-corrected chi connectivity index (χ1v) is 13.6. The number of amides is 3. The largest absolute Gasteiger partial charge is 0.492 e. The molecule has 4 aliphatic rings. The van der Waals surface area contributed by atoms with Gasteiger partial charge in [0, 0.05) is 41.3 Å². The highest BCUT2D eigenvalue weighted by Gasteiger charge is 2.47. The van der Waals surface area contributed by atoms with E-state index in [-0.39, 0.29) is 23.7 Å². The minimum atomic E-state index is -0.623. The van der Waals surface area contributed by atoms with Crippen molar-refractivity contribution in [2.24, 2.45) is 10.7 Å². The number of likely N-dealkylation sites (tertiary alicyclic amines) is 1. The fourth-order valence-electron chi connectivity index (χ4n) is 6.41. The van der Waals surface area contributed by atoms with Crippen LogP contribution in [0.2, 0.25) is 0 Å². The van der Waals surface area contributed by atoms with E-state index >= 15 is 0 Å². The Bertz CT molecular complexity index is 1380. The third-order valence-electron chi connectivity index (χ3n) is 8.62. The van der Waals surface area contributed by atoms with Crippen LogP contribution in [-0.4, -0.2) is 59.5 Å². The van der Waals surface area contributed by atoms with Gasteiger partial charge in [-0.3, -0.25) is 29.6 Å². The van der Waals surface area contributed by atoms with Gasteiger partial charge in [-0.1, -0.05) is 30.3 Å². The molecule has 2 fully saturated rings. The summed E-state index contributed by atoms with van der Waals surface area (Å²) in [7, 11) is 0. The molecule has 39 heavy (non-hydrogen) atoms. The molecule has 0 saturated carbocycles. The van der Waals surface area contributed by atoms with Crippen molar-refractivity contribution in [3.8, 4) is 5.75 Å². The topological polar surface area (TPSA) is 117 Å². The van der Waals surface area contributed by atoms with Gasteiger partial charge in [-0.25, -0.2) is 0 Å². The molecular weight excluding hydrogens is 494 g/mol. The van der Waals surface area contributed by atoms with Crippen molar-refractivity contribution in [3.05, 3.63) is 76.5 Å². The van der Waals surface area contributed by atoms with Crippen molar-refractivity contribution in [1.29, 1.82) is 0 Å². The second kappa shape index (κ2) is 10.3. The van der Waals surface area contributed by atoms with Gasteiger partial charge in [-0.15, -0.1) is 0 Å². The number of allylic oxidation sites excluding steroid dienone is 1. The molecule has 1 spiro atoms. The Labute approximate surface area is 227 Å². The van der Waals surface area contributed by atoms with Crippen LogP contribution in [0.5, 0.6) is 5.75 Å². The number of nitrogens with one attached hydrogen (secondary N) is 1. The highest BCUT2D eigenvalue weighted by atomic mass is 16.5. The van der Waals surface area contributed by atoms with Crippen molar-refractivity contribution in [2.45, 2.75) is 56.8 Å². The maximum atomic E-state index is 13.2. The molecule has 202 valence electrons. The predicted molar refractivity (Wildman–Crippen MR) is 146 cm³/mol. The summed E-state index contributed by atoms with van der Waals surface area (Å²) in [4.78, 5) is 45.8. The standard InChI is InChI=1S/C30H33N5O4/c31-12-3-13-32-16-20-4-1-2-5-21(20)17-34-14-10-30(11-15-34)19-39-27-23-18-35(25-8-9-26(36)33-28(25)37)29(38)22(23)6-7-24(27)30/h1-7,12-13,25H,8-11,14-19,31H2,(H,33,36,37)/b12-3-,32-13?. The van der Waals surface area contributed by atoms with Gasteiger partial charge in [0.15, 0.2) is 0 Å². The average molecular weight is 528 g/mol. The lowest BCUT2D eigenvalue weighted by atomic mass is 9.74. The minimum Gasteiger partial charge on any atom is -0.492 e. The van der Waals surface area contributed by atoms with Gasteiger partial charge in [0.2, 0.25) is 11.8 Å². The highest BCUT2D eigenvalue weighted by molar-refractivity contribution is 6.05. The van der Waals surface area contributed by atoms with E-state index < -0.39 is 11.9 Å². The lowest BCUT2D eigenvalue weighted by Crippen LogP contribution is -2.52. The number of imide groups is 1. The maximum absolute atomic E-state index is 13.2. The monoisotopic (exact) mass is 527 g/mol. The minimum absolute atomic E-state index is 0.0651. The molecule has 6 rings (SSSR count). The molecule has 0 aliphatic carbocycles. The van der Waals surface area contributed by atoms with Crippen LogP contribution in [0.4, 0.5) is 0 Å². The lowest BCUT2D eigenvalue weighted by Gasteiger charge is -2.38. The van der Waals surface area contributed by atoms with Crippen molar-refractivity contribution in [3.63, 3.8) is 0 Å². The molecule has 0 bridgehead atoms. The third kappa shape index (κ3) is 4.61. The summed E-state index contributed by atoms with van der Waals surface area (Å²) in [6.07, 6.45) is 7.49. The molecule has 0 radical (unpaired) electrons. The second-order valence-electron chi connectivity index (χ2n) is 10.9. The van der Waals surface area contributed by atoms with Gasteiger partial charge in [0.05, 0.1) is 19.7 Å². The summed E-state index contributed by atoms with van der Waals surface area (Å²) in [5.41, 5.74) is 10.5. The van der Waals surface area contributed by atoms with Crippen LogP contribution < -0.4 is 15.8 Å². The number of benzene rings is 2. The number of hydrogen-bond donors (Lipinski definition) is 2. The van der Waals surface area contributed by atoms with E-state index in [9.17, 15) is 14.4 Å². The average Bonchev–Trinajstić information content (AvgIpc) is 3.47. The van der Waals surface area contributed by atoms with E-state index in [4.69, 9.17) is 10.5 Å². The Hall–Kier alpha value is -3.98. The molecule has 2 aromatic carbocycles. The number of piperidine rings is 2. The van der Waals surface area contributed by atoms with Crippen LogP contribution >= 0.6 is 0 Å². The number of rotatable bonds is 6. The summed E-state index contributed by atoms with van der Waals surface area (Å²) in [5.74, 6) is -0.0213. The molecule has 9 nitrogen and oxygen atoms in total. The molecule has 4 aliphatic heterocycles. The first-order chi connectivity index (χ1) is 19.0. The maximum Gasteiger partial charge on any atom is 0.255 e. The van der Waals surface area contributed by atoms with Gasteiger partial charge in [-0.05, 0) is 61.8 Å². The van der Waals surface area contributed by atoms with Gasteiger partial charge in [0.1, 0.15) is 11.8 Å². The van der Waals surface area contributed by atoms with Crippen molar-refractivity contribution in [2.75, 3.05) is 19.7 Å². The van der Waals surface area contributed by atoms with Gasteiger partial charge < -0.3 is 15.4 Å². The SMILES string of the molecule is N/C=C\C=NCc1ccccc1CN1CCC2(CC1)COc1c2ccc2c1CN(C1CCC(=O)NC1=O)C2=O. The number of aliphatic imine (C=N–C) groups is 1. The fourth-order valence-corrected chi connectivity index (χ4v) is 6.41. The summed E-state index contributed by atoms with van der Waals surface area (Å²) >= 11 is 0. The molecule has 2 aromatic rings. The first kappa shape index (κ1) is 25.3. The Morgan fingerprint density at radius 2 is 1.90 bits per heavy atom. The number of carbonyl (C=O) groups is 3. The molecule has 2 saturated heterocycles. The zero-order chi connectivity index (χ0) is 27.0. The van der Waals surface area contributed by atoms with Crippen LogP contribution in [0.15, 0.2) is 53.7 Å². The van der Waals surface area contributed by atoms with Gasteiger partial charge >= 0.3 is 0 Å². The molecule has 3 amide bonds. The van der Waals surface area contributed by atoms with E-state index in [1.807, 2.05) is 6.07 Å². The summed E-state index contributed by atoms with van der Waals surface area (Å²) in [6, 6.07) is 11.8. The normalized spacial score (nSPS) is 22.5. The Morgan fingerprint density at radius 3 is 2.67 bits per heavy atom. The number of hydrogen-bond acceptors (Lipinski definition) is 7. The number of carbonyl (C=O) groups excluding carboxylic acids is 3. The van der Waals surface area contributed by atoms with Crippen LogP contribution in [0, 0.1) is 0 Å². The van der Waals surface area contributed by atoms with E-state index in [1.54, 1.807) is 17.2 Å². The summed E-state index contributed by atoms with van der Waals surface area (Å²) in [6.45, 7) is 4.36. The smallest absolute Gasteiger partial charge is 0.255 e. The number of nitrogens with zero attached hydrogens (tertiary/aromatic N) is 3. The first-order valence-electron chi connectivity index (χ1n) is 13.6. The van der Waals surface area contributed by atoms with Crippen LogP contribution in [0.1, 0.15) is 58.3 Å². The molecule has 1 unspecified atom stereocenters. The highest BCUT2D eigenvalue weighted by Crippen LogP contribution is 2.49. The number of ether oxygens (including phenoxy) is 1. The number of fused-ring (bicyclic) bond motifs is 4. The van der Waals surface area contributed by atoms with Gasteiger partial charge in [-0.2, -0.15) is 0 Å². The lowest BCUT2D eigenvalue weighted by molar-refractivity contribution is -0.136. The molecule has 1 atom stereocenters. The molecule has 9 heteroatoms. The van der Waals surface area contributed by atoms with Crippen LogP contribution in [-0.2, 0) is 34.6 Å². The fraction of sp³-hybridized carbons (Fsp3) is 0.400. The van der Waals surface area contributed by atoms with E-state index in [1.165, 1.54) is 22.9 Å².